The van der Waals surface area contributed by atoms with E-state index >= 15 is 0 Å². The molecule has 8 nitrogen and oxygen atoms in total. The quantitative estimate of drug-likeness (QED) is 0.191. The smallest absolute Gasteiger partial charge is 0.317 e. The highest BCUT2D eigenvalue weighted by Crippen LogP contribution is 2.42. The van der Waals surface area contributed by atoms with Gasteiger partial charge in [0.25, 0.3) is 5.69 Å². The van der Waals surface area contributed by atoms with Crippen LogP contribution in [0.15, 0.2) is 88.7 Å². The van der Waals surface area contributed by atoms with Crippen molar-refractivity contribution in [3.63, 3.8) is 0 Å². The lowest BCUT2D eigenvalue weighted by molar-refractivity contribution is -0.387. The van der Waals surface area contributed by atoms with Crippen LogP contribution < -0.4 is 9.47 Å². The van der Waals surface area contributed by atoms with Crippen LogP contribution in [-0.4, -0.2) is 27.8 Å². The van der Waals surface area contributed by atoms with Gasteiger partial charge in [0.15, 0.2) is 0 Å². The number of aryl methyl sites for hydroxylation is 1. The fourth-order valence-corrected chi connectivity index (χ4v) is 4.32. The second-order valence-corrected chi connectivity index (χ2v) is 8.35. The van der Waals surface area contributed by atoms with E-state index in [4.69, 9.17) is 9.47 Å². The number of esters is 1. The third kappa shape index (κ3) is 5.10. The maximum atomic E-state index is 12.9. The summed E-state index contributed by atoms with van der Waals surface area (Å²) in [7, 11) is 1.58. The van der Waals surface area contributed by atoms with Crippen LogP contribution in [0.2, 0.25) is 0 Å². The molecule has 3 aromatic carbocycles. The van der Waals surface area contributed by atoms with Gasteiger partial charge in [0.2, 0.25) is 5.88 Å². The van der Waals surface area contributed by atoms with Gasteiger partial charge in [0, 0.05) is 6.07 Å². The van der Waals surface area contributed by atoms with E-state index in [0.29, 0.717) is 26.9 Å². The zero-order valence-corrected chi connectivity index (χ0v) is 19.3. The molecule has 0 spiro atoms. The number of aromatic nitrogens is 2. The predicted octanol–water partition coefficient (Wildman–Crippen LogP) is 5.40. The molecular weight excluding hydrogens is 454 g/mol. The fraction of sp³-hybridized carbons (Fsp3) is 0.120. The van der Waals surface area contributed by atoms with Crippen LogP contribution in [0.4, 0.5) is 5.69 Å². The highest BCUT2D eigenvalue weighted by atomic mass is 32.2. The Morgan fingerprint density at radius 1 is 1.03 bits per heavy atom. The van der Waals surface area contributed by atoms with Gasteiger partial charge in [-0.05, 0) is 42.8 Å². The molecular formula is C25H21N3O5S. The van der Waals surface area contributed by atoms with Crippen molar-refractivity contribution < 1.29 is 19.2 Å². The molecule has 9 heteroatoms. The molecule has 0 atom stereocenters. The minimum Gasteiger partial charge on any atom is -0.497 e. The van der Waals surface area contributed by atoms with Crippen LogP contribution in [0, 0.1) is 17.0 Å². The van der Waals surface area contributed by atoms with Gasteiger partial charge in [0.05, 0.1) is 39.6 Å². The third-order valence-corrected chi connectivity index (χ3v) is 6.20. The number of carbonyl (C=O) groups is 1. The number of methoxy groups -OCH3 is 1. The van der Waals surface area contributed by atoms with Crippen molar-refractivity contribution in [2.24, 2.45) is 0 Å². The van der Waals surface area contributed by atoms with Gasteiger partial charge in [-0.3, -0.25) is 14.9 Å². The number of hydrogen-bond acceptors (Lipinski definition) is 7. The van der Waals surface area contributed by atoms with Gasteiger partial charge < -0.3 is 9.47 Å². The molecule has 0 saturated carbocycles. The SMILES string of the molecule is COc1ccc(CC(=O)Oc2c(Sc3ccccc3[N+](=O)[O-])c(C)nn2-c2ccccc2)cc1. The average Bonchev–Trinajstić information content (AvgIpc) is 3.15. The van der Waals surface area contributed by atoms with E-state index in [0.717, 1.165) is 17.3 Å². The molecule has 0 bridgehead atoms. The summed E-state index contributed by atoms with van der Waals surface area (Å²) in [5.41, 5.74) is 2.02. The average molecular weight is 476 g/mol. The molecule has 1 aromatic heterocycles. The summed E-state index contributed by atoms with van der Waals surface area (Å²) in [6.45, 7) is 1.78. The monoisotopic (exact) mass is 475 g/mol. The Morgan fingerprint density at radius 3 is 2.38 bits per heavy atom. The van der Waals surface area contributed by atoms with Crippen LogP contribution >= 0.6 is 11.8 Å². The number of hydrogen-bond donors (Lipinski definition) is 0. The summed E-state index contributed by atoms with van der Waals surface area (Å²) in [4.78, 5) is 24.9. The van der Waals surface area contributed by atoms with Gasteiger partial charge in [0.1, 0.15) is 5.75 Å². The number of nitrogens with zero attached hydrogens (tertiary/aromatic N) is 3. The summed E-state index contributed by atoms with van der Waals surface area (Å²) < 4.78 is 12.5. The number of rotatable bonds is 8. The Bertz CT molecular complexity index is 1320. The standard InChI is InChI=1S/C25H21N3O5S/c1-17-24(34-22-11-7-6-10-21(22)28(30)31)25(27(26-17)19-8-4-3-5-9-19)33-23(29)16-18-12-14-20(32-2)15-13-18/h3-15H,16H2,1-2H3. The normalized spacial score (nSPS) is 10.6. The van der Waals surface area contributed by atoms with E-state index in [2.05, 4.69) is 5.10 Å². The maximum absolute atomic E-state index is 12.9. The van der Waals surface area contributed by atoms with Crippen LogP contribution in [0.5, 0.6) is 11.6 Å². The minimum atomic E-state index is -0.480. The second kappa shape index (κ2) is 10.2. The van der Waals surface area contributed by atoms with E-state index in [1.165, 1.54) is 6.07 Å². The highest BCUT2D eigenvalue weighted by Gasteiger charge is 2.24. The number of ether oxygens (including phenoxy) is 2. The molecule has 34 heavy (non-hydrogen) atoms. The second-order valence-electron chi connectivity index (χ2n) is 7.29. The first-order valence-electron chi connectivity index (χ1n) is 10.4. The Kier molecular flexibility index (Phi) is 6.93. The summed E-state index contributed by atoms with van der Waals surface area (Å²) in [6, 6.07) is 22.8. The molecule has 4 aromatic rings. The Hall–Kier alpha value is -4.11. The molecule has 0 aliphatic carbocycles. The molecule has 0 N–H and O–H groups in total. The lowest BCUT2D eigenvalue weighted by Crippen LogP contribution is -2.14. The van der Waals surface area contributed by atoms with Crippen LogP contribution in [0.1, 0.15) is 11.3 Å². The molecule has 0 aliphatic heterocycles. The van der Waals surface area contributed by atoms with Crippen molar-refractivity contribution >= 4 is 23.4 Å². The number of carbonyl (C=O) groups excluding carboxylic acids is 1. The van der Waals surface area contributed by atoms with Crippen molar-refractivity contribution in [3.05, 3.63) is 100 Å². The lowest BCUT2D eigenvalue weighted by Gasteiger charge is -2.11. The van der Waals surface area contributed by atoms with E-state index in [9.17, 15) is 14.9 Å². The number of nitro groups is 1. The van der Waals surface area contributed by atoms with Crippen molar-refractivity contribution in [1.29, 1.82) is 0 Å². The topological polar surface area (TPSA) is 96.5 Å². The maximum Gasteiger partial charge on any atom is 0.317 e. The van der Waals surface area contributed by atoms with E-state index < -0.39 is 10.9 Å². The van der Waals surface area contributed by atoms with Gasteiger partial charge in [-0.2, -0.15) is 9.78 Å². The van der Waals surface area contributed by atoms with E-state index in [-0.39, 0.29) is 18.0 Å². The van der Waals surface area contributed by atoms with E-state index in [1.807, 2.05) is 30.3 Å². The zero-order valence-electron chi connectivity index (χ0n) is 18.5. The molecule has 0 saturated heterocycles. The minimum absolute atomic E-state index is 0.0325. The lowest BCUT2D eigenvalue weighted by atomic mass is 10.1. The van der Waals surface area contributed by atoms with Crippen LogP contribution in [-0.2, 0) is 11.2 Å². The van der Waals surface area contributed by atoms with Crippen LogP contribution in [0.3, 0.4) is 0 Å². The molecule has 0 radical (unpaired) electrons. The molecule has 0 aliphatic rings. The summed E-state index contributed by atoms with van der Waals surface area (Å²) in [5, 5.41) is 16.1. The number of nitro benzene ring substituents is 1. The van der Waals surface area contributed by atoms with E-state index in [1.54, 1.807) is 61.2 Å². The molecule has 172 valence electrons. The Balaban J connectivity index is 1.70. The van der Waals surface area contributed by atoms with Crippen molar-refractivity contribution in [3.8, 4) is 17.3 Å². The Labute approximate surface area is 200 Å². The predicted molar refractivity (Wildman–Crippen MR) is 128 cm³/mol. The van der Waals surface area contributed by atoms with Crippen molar-refractivity contribution in [2.75, 3.05) is 7.11 Å². The first-order valence-corrected chi connectivity index (χ1v) is 11.2. The largest absolute Gasteiger partial charge is 0.497 e. The van der Waals surface area contributed by atoms with Gasteiger partial charge in [-0.15, -0.1) is 0 Å². The van der Waals surface area contributed by atoms with Gasteiger partial charge in [-0.1, -0.05) is 54.2 Å². The molecule has 0 amide bonds. The van der Waals surface area contributed by atoms with Crippen LogP contribution in [0.25, 0.3) is 5.69 Å². The number of benzene rings is 3. The van der Waals surface area contributed by atoms with Crippen molar-refractivity contribution in [1.82, 2.24) is 9.78 Å². The highest BCUT2D eigenvalue weighted by molar-refractivity contribution is 7.99. The first-order chi connectivity index (χ1) is 16.5. The van der Waals surface area contributed by atoms with Gasteiger partial charge in [-0.25, -0.2) is 0 Å². The molecule has 0 fully saturated rings. The number of para-hydroxylation sites is 2. The summed E-state index contributed by atoms with van der Waals surface area (Å²) in [6.07, 6.45) is 0.0403. The third-order valence-electron chi connectivity index (χ3n) is 4.96. The first kappa shape index (κ1) is 23.1. The molecule has 1 heterocycles. The summed E-state index contributed by atoms with van der Waals surface area (Å²) >= 11 is 1.15. The molecule has 0 unspecified atom stereocenters. The zero-order chi connectivity index (χ0) is 24.1. The fourth-order valence-electron chi connectivity index (χ4n) is 3.30. The summed E-state index contributed by atoms with van der Waals surface area (Å²) in [5.74, 6) is 0.426. The van der Waals surface area contributed by atoms with Crippen molar-refractivity contribution in [2.45, 2.75) is 23.1 Å². The van der Waals surface area contributed by atoms with Gasteiger partial charge >= 0.3 is 5.97 Å². The Morgan fingerprint density at radius 2 is 1.71 bits per heavy atom. The molecule has 4 rings (SSSR count).